The van der Waals surface area contributed by atoms with Crippen molar-refractivity contribution in [2.24, 2.45) is 11.7 Å². The van der Waals surface area contributed by atoms with Crippen molar-refractivity contribution < 1.29 is 0 Å². The molecule has 1 aliphatic rings. The fourth-order valence-corrected chi connectivity index (χ4v) is 2.46. The highest BCUT2D eigenvalue weighted by Gasteiger charge is 2.18. The standard InChI is InChI=1S/C13H26N6/c1-12(2)9-19-13(15-11-16-19)10-18-7-5-17(4-3-14)6-8-18/h11-12H,3-10,14H2,1-2H3. The minimum Gasteiger partial charge on any atom is -0.329 e. The van der Waals surface area contributed by atoms with Crippen LogP contribution in [-0.4, -0.2) is 63.8 Å². The first kappa shape index (κ1) is 14.4. The Bertz CT molecular complexity index is 367. The maximum Gasteiger partial charge on any atom is 0.141 e. The molecule has 0 spiro atoms. The summed E-state index contributed by atoms with van der Waals surface area (Å²) in [6.07, 6.45) is 1.67. The molecule has 6 nitrogen and oxygen atoms in total. The van der Waals surface area contributed by atoms with Gasteiger partial charge in [0, 0.05) is 45.8 Å². The number of aromatic nitrogens is 3. The fourth-order valence-electron chi connectivity index (χ4n) is 2.46. The lowest BCUT2D eigenvalue weighted by molar-refractivity contribution is 0.126. The zero-order valence-corrected chi connectivity index (χ0v) is 12.1. The second-order valence-corrected chi connectivity index (χ2v) is 5.66. The first-order valence-electron chi connectivity index (χ1n) is 7.20. The van der Waals surface area contributed by atoms with Crippen molar-refractivity contribution in [1.82, 2.24) is 24.6 Å². The molecule has 0 atom stereocenters. The maximum atomic E-state index is 5.59. The molecule has 1 aromatic rings. The Labute approximate surface area is 115 Å². The van der Waals surface area contributed by atoms with Gasteiger partial charge in [0.2, 0.25) is 0 Å². The van der Waals surface area contributed by atoms with Crippen LogP contribution in [0.25, 0.3) is 0 Å². The van der Waals surface area contributed by atoms with Crippen LogP contribution < -0.4 is 5.73 Å². The molecule has 6 heteroatoms. The molecule has 0 unspecified atom stereocenters. The van der Waals surface area contributed by atoms with E-state index in [4.69, 9.17) is 5.73 Å². The molecule has 1 fully saturated rings. The number of hydrogen-bond acceptors (Lipinski definition) is 5. The van der Waals surface area contributed by atoms with Gasteiger partial charge in [0.1, 0.15) is 12.2 Å². The van der Waals surface area contributed by atoms with E-state index < -0.39 is 0 Å². The van der Waals surface area contributed by atoms with E-state index in [1.165, 1.54) is 0 Å². The van der Waals surface area contributed by atoms with Crippen LogP contribution in [0.1, 0.15) is 19.7 Å². The molecular formula is C13H26N6. The lowest BCUT2D eigenvalue weighted by Crippen LogP contribution is -2.47. The highest BCUT2D eigenvalue weighted by Crippen LogP contribution is 2.08. The summed E-state index contributed by atoms with van der Waals surface area (Å²) in [5.41, 5.74) is 5.59. The van der Waals surface area contributed by atoms with E-state index >= 15 is 0 Å². The number of rotatable bonds is 6. The first-order valence-corrected chi connectivity index (χ1v) is 7.20. The topological polar surface area (TPSA) is 63.2 Å². The van der Waals surface area contributed by atoms with Gasteiger partial charge in [-0.15, -0.1) is 0 Å². The zero-order chi connectivity index (χ0) is 13.7. The third kappa shape index (κ3) is 4.26. The van der Waals surface area contributed by atoms with Gasteiger partial charge in [-0.3, -0.25) is 9.80 Å². The maximum absolute atomic E-state index is 5.59. The average Bonchev–Trinajstić information content (AvgIpc) is 2.79. The summed E-state index contributed by atoms with van der Waals surface area (Å²) in [5, 5.41) is 4.32. The average molecular weight is 266 g/mol. The van der Waals surface area contributed by atoms with Gasteiger partial charge in [-0.2, -0.15) is 5.10 Å². The van der Waals surface area contributed by atoms with Gasteiger partial charge in [-0.05, 0) is 5.92 Å². The molecule has 0 aromatic carbocycles. The predicted molar refractivity (Wildman–Crippen MR) is 75.6 cm³/mol. The highest BCUT2D eigenvalue weighted by atomic mass is 15.4. The van der Waals surface area contributed by atoms with E-state index in [-0.39, 0.29) is 0 Å². The van der Waals surface area contributed by atoms with Crippen molar-refractivity contribution in [3.05, 3.63) is 12.2 Å². The van der Waals surface area contributed by atoms with Gasteiger partial charge in [0.25, 0.3) is 0 Å². The van der Waals surface area contributed by atoms with Gasteiger partial charge in [-0.25, -0.2) is 9.67 Å². The molecule has 1 aromatic heterocycles. The van der Waals surface area contributed by atoms with Crippen LogP contribution in [0, 0.1) is 5.92 Å². The first-order chi connectivity index (χ1) is 9.19. The van der Waals surface area contributed by atoms with Gasteiger partial charge in [-0.1, -0.05) is 13.8 Å². The largest absolute Gasteiger partial charge is 0.329 e. The predicted octanol–water partition coefficient (Wildman–Crippen LogP) is 0.0104. The number of nitrogens with zero attached hydrogens (tertiary/aromatic N) is 5. The molecule has 0 bridgehead atoms. The lowest BCUT2D eigenvalue weighted by atomic mass is 10.2. The summed E-state index contributed by atoms with van der Waals surface area (Å²) in [6, 6.07) is 0. The van der Waals surface area contributed by atoms with E-state index in [0.717, 1.165) is 58.2 Å². The van der Waals surface area contributed by atoms with E-state index in [1.807, 2.05) is 4.68 Å². The Morgan fingerprint density at radius 2 is 1.89 bits per heavy atom. The van der Waals surface area contributed by atoms with E-state index in [1.54, 1.807) is 6.33 Å². The summed E-state index contributed by atoms with van der Waals surface area (Å²) in [7, 11) is 0. The zero-order valence-electron chi connectivity index (χ0n) is 12.1. The van der Waals surface area contributed by atoms with Gasteiger partial charge >= 0.3 is 0 Å². The van der Waals surface area contributed by atoms with Crippen molar-refractivity contribution >= 4 is 0 Å². The number of piperazine rings is 1. The molecule has 1 aliphatic heterocycles. The smallest absolute Gasteiger partial charge is 0.141 e. The molecule has 2 heterocycles. The van der Waals surface area contributed by atoms with E-state index in [2.05, 4.69) is 33.7 Å². The van der Waals surface area contributed by atoms with E-state index in [0.29, 0.717) is 5.92 Å². The Morgan fingerprint density at radius 3 is 2.53 bits per heavy atom. The van der Waals surface area contributed by atoms with Crippen LogP contribution in [0.15, 0.2) is 6.33 Å². The van der Waals surface area contributed by atoms with Crippen LogP contribution in [0.4, 0.5) is 0 Å². The van der Waals surface area contributed by atoms with Crippen molar-refractivity contribution in [2.45, 2.75) is 26.9 Å². The van der Waals surface area contributed by atoms with Gasteiger partial charge < -0.3 is 5.73 Å². The third-order valence-electron chi connectivity index (χ3n) is 3.51. The molecule has 2 N–H and O–H groups in total. The highest BCUT2D eigenvalue weighted by molar-refractivity contribution is 4.86. The van der Waals surface area contributed by atoms with Crippen molar-refractivity contribution in [3.8, 4) is 0 Å². The molecule has 108 valence electrons. The quantitative estimate of drug-likeness (QED) is 0.786. The van der Waals surface area contributed by atoms with Crippen LogP contribution in [0.5, 0.6) is 0 Å². The van der Waals surface area contributed by atoms with Crippen LogP contribution in [-0.2, 0) is 13.1 Å². The fraction of sp³-hybridized carbons (Fsp3) is 0.846. The molecule has 1 saturated heterocycles. The molecule has 0 saturated carbocycles. The minimum atomic E-state index is 0.599. The van der Waals surface area contributed by atoms with Gasteiger partial charge in [0.15, 0.2) is 0 Å². The lowest BCUT2D eigenvalue weighted by Gasteiger charge is -2.34. The Balaban J connectivity index is 1.84. The van der Waals surface area contributed by atoms with E-state index in [9.17, 15) is 0 Å². The van der Waals surface area contributed by atoms with Crippen LogP contribution in [0.3, 0.4) is 0 Å². The van der Waals surface area contributed by atoms with Crippen LogP contribution >= 0.6 is 0 Å². The number of nitrogens with two attached hydrogens (primary N) is 1. The van der Waals surface area contributed by atoms with Gasteiger partial charge in [0.05, 0.1) is 6.54 Å². The SMILES string of the molecule is CC(C)Cn1ncnc1CN1CCN(CCN)CC1. The summed E-state index contributed by atoms with van der Waals surface area (Å²) >= 11 is 0. The minimum absolute atomic E-state index is 0.599. The van der Waals surface area contributed by atoms with Crippen LogP contribution in [0.2, 0.25) is 0 Å². The second kappa shape index (κ2) is 6.98. The Hall–Kier alpha value is -0.980. The Kier molecular flexibility index (Phi) is 5.30. The molecular weight excluding hydrogens is 240 g/mol. The summed E-state index contributed by atoms with van der Waals surface area (Å²) in [5.74, 6) is 1.68. The molecule has 19 heavy (non-hydrogen) atoms. The number of hydrogen-bond donors (Lipinski definition) is 1. The monoisotopic (exact) mass is 266 g/mol. The molecule has 0 aliphatic carbocycles. The normalized spacial score (nSPS) is 18.3. The summed E-state index contributed by atoms with van der Waals surface area (Å²) < 4.78 is 2.04. The molecule has 2 rings (SSSR count). The molecule has 0 amide bonds. The van der Waals surface area contributed by atoms with Crippen molar-refractivity contribution in [3.63, 3.8) is 0 Å². The second-order valence-electron chi connectivity index (χ2n) is 5.66. The van der Waals surface area contributed by atoms with Crippen molar-refractivity contribution in [1.29, 1.82) is 0 Å². The van der Waals surface area contributed by atoms with Crippen molar-refractivity contribution in [2.75, 3.05) is 39.3 Å². The summed E-state index contributed by atoms with van der Waals surface area (Å²) in [4.78, 5) is 9.27. The summed E-state index contributed by atoms with van der Waals surface area (Å²) in [6.45, 7) is 12.4. The molecule has 0 radical (unpaired) electrons. The third-order valence-corrected chi connectivity index (χ3v) is 3.51. The Morgan fingerprint density at radius 1 is 1.21 bits per heavy atom.